The van der Waals surface area contributed by atoms with Gasteiger partial charge in [-0.3, -0.25) is 0 Å². The Morgan fingerprint density at radius 1 is 1.41 bits per heavy atom. The molecule has 0 bridgehead atoms. The fourth-order valence-electron chi connectivity index (χ4n) is 1.11. The Hall–Kier alpha value is -1.14. The number of allylic oxidation sites excluding steroid dienone is 2. The molecule has 0 unspecified atom stereocenters. The van der Waals surface area contributed by atoms with Crippen LogP contribution in [-0.2, 0) is 10.2 Å². The number of para-hydroxylation sites is 1. The van der Waals surface area contributed by atoms with Crippen LogP contribution < -0.4 is 4.74 Å². The van der Waals surface area contributed by atoms with Crippen LogP contribution in [0.5, 0.6) is 5.75 Å². The fraction of sp³-hybridized carbons (Fsp3) is 0.0909. The van der Waals surface area contributed by atoms with E-state index in [1.807, 2.05) is 12.1 Å². The molecule has 92 valence electrons. The van der Waals surface area contributed by atoms with Gasteiger partial charge in [-0.15, -0.1) is 0 Å². The van der Waals surface area contributed by atoms with Gasteiger partial charge in [0.25, 0.3) is 0 Å². The van der Waals surface area contributed by atoms with Crippen molar-refractivity contribution in [1.82, 2.24) is 0 Å². The second-order valence-electron chi connectivity index (χ2n) is 3.01. The van der Waals surface area contributed by atoms with Crippen LogP contribution in [0.4, 0.5) is 3.89 Å². The van der Waals surface area contributed by atoms with E-state index in [2.05, 4.69) is 15.9 Å². The van der Waals surface area contributed by atoms with Gasteiger partial charge < -0.3 is 4.74 Å². The van der Waals surface area contributed by atoms with Gasteiger partial charge in [-0.2, -0.15) is 8.42 Å². The molecule has 0 aliphatic carbocycles. The molecule has 17 heavy (non-hydrogen) atoms. The van der Waals surface area contributed by atoms with Crippen molar-refractivity contribution >= 4 is 32.2 Å². The lowest BCUT2D eigenvalue weighted by atomic mass is 10.2. The summed E-state index contributed by atoms with van der Waals surface area (Å²) in [5, 5.41) is 0. The maximum atomic E-state index is 12.5. The van der Waals surface area contributed by atoms with E-state index in [0.717, 1.165) is 11.6 Å². The van der Waals surface area contributed by atoms with Gasteiger partial charge in [-0.05, 0) is 28.1 Å². The number of hydrogen-bond acceptors (Lipinski definition) is 3. The maximum absolute atomic E-state index is 12.5. The Morgan fingerprint density at radius 2 is 2.06 bits per heavy atom. The predicted molar refractivity (Wildman–Crippen MR) is 69.1 cm³/mol. The summed E-state index contributed by atoms with van der Waals surface area (Å²) in [7, 11) is -3.15. The van der Waals surface area contributed by atoms with Gasteiger partial charge in [0, 0.05) is 5.56 Å². The van der Waals surface area contributed by atoms with E-state index in [9.17, 15) is 12.3 Å². The first kappa shape index (κ1) is 13.9. The standard InChI is InChI=1S/C11H10BrFO3S/c1-16-10-7-3-2-5-9(10)6-4-8-11(12)17(13,14)15/h2-8H,1H3/b6-4+,11-8+. The van der Waals surface area contributed by atoms with Crippen molar-refractivity contribution in [3.63, 3.8) is 0 Å². The summed E-state index contributed by atoms with van der Waals surface area (Å²) in [6.07, 6.45) is 4.14. The summed E-state index contributed by atoms with van der Waals surface area (Å²) in [6, 6.07) is 7.19. The van der Waals surface area contributed by atoms with E-state index in [0.29, 0.717) is 5.75 Å². The van der Waals surface area contributed by atoms with Crippen LogP contribution in [0, 0.1) is 0 Å². The molecular weight excluding hydrogens is 311 g/mol. The summed E-state index contributed by atoms with van der Waals surface area (Å²) in [5.74, 6) is 0.649. The van der Waals surface area contributed by atoms with Crippen LogP contribution in [-0.4, -0.2) is 15.5 Å². The van der Waals surface area contributed by atoms with Gasteiger partial charge in [0.05, 0.1) is 7.11 Å². The molecule has 6 heteroatoms. The van der Waals surface area contributed by atoms with E-state index in [4.69, 9.17) is 4.74 Å². The average Bonchev–Trinajstić information content (AvgIpc) is 2.28. The molecule has 0 atom stereocenters. The SMILES string of the molecule is COc1ccccc1/C=C/C=C(\Br)S(=O)(=O)F. The molecule has 0 heterocycles. The topological polar surface area (TPSA) is 43.4 Å². The molecule has 0 amide bonds. The van der Waals surface area contributed by atoms with E-state index >= 15 is 0 Å². The first-order chi connectivity index (χ1) is 7.95. The predicted octanol–water partition coefficient (Wildman–Crippen LogP) is 3.24. The smallest absolute Gasteiger partial charge is 0.338 e. The Labute approximate surface area is 108 Å². The number of hydrogen-bond donors (Lipinski definition) is 0. The van der Waals surface area contributed by atoms with Crippen LogP contribution in [0.1, 0.15) is 5.56 Å². The molecule has 0 saturated carbocycles. The van der Waals surface area contributed by atoms with Crippen molar-refractivity contribution in [3.05, 3.63) is 45.8 Å². The summed E-state index contributed by atoms with van der Waals surface area (Å²) in [6.45, 7) is 0. The normalized spacial score (nSPS) is 13.0. The van der Waals surface area contributed by atoms with E-state index in [-0.39, 0.29) is 0 Å². The molecule has 1 aromatic rings. The number of rotatable bonds is 4. The van der Waals surface area contributed by atoms with Crippen molar-refractivity contribution < 1.29 is 17.0 Å². The molecule has 0 aliphatic rings. The summed E-state index contributed by atoms with van der Waals surface area (Å²) < 4.78 is 37.9. The summed E-state index contributed by atoms with van der Waals surface area (Å²) in [4.78, 5) is 0. The fourth-order valence-corrected chi connectivity index (χ4v) is 1.51. The molecule has 3 nitrogen and oxygen atoms in total. The number of halogens is 2. The van der Waals surface area contributed by atoms with Gasteiger partial charge in [-0.1, -0.05) is 34.2 Å². The van der Waals surface area contributed by atoms with Crippen LogP contribution in [0.3, 0.4) is 0 Å². The molecule has 0 radical (unpaired) electrons. The maximum Gasteiger partial charge on any atom is 0.338 e. The van der Waals surface area contributed by atoms with Crippen molar-refractivity contribution in [1.29, 1.82) is 0 Å². The highest BCUT2D eigenvalue weighted by atomic mass is 79.9. The Bertz CT molecular complexity index is 550. The minimum atomic E-state index is -4.68. The molecule has 0 aromatic heterocycles. The molecule has 0 spiro atoms. The molecule has 0 N–H and O–H groups in total. The van der Waals surface area contributed by atoms with Crippen molar-refractivity contribution in [2.75, 3.05) is 7.11 Å². The van der Waals surface area contributed by atoms with Gasteiger partial charge in [0.1, 0.15) is 9.56 Å². The third-order valence-electron chi connectivity index (χ3n) is 1.87. The van der Waals surface area contributed by atoms with Crippen LogP contribution in [0.2, 0.25) is 0 Å². The van der Waals surface area contributed by atoms with Crippen LogP contribution >= 0.6 is 15.9 Å². The molecule has 1 aromatic carbocycles. The van der Waals surface area contributed by atoms with E-state index in [1.54, 1.807) is 18.2 Å². The van der Waals surface area contributed by atoms with Crippen LogP contribution in [0.15, 0.2) is 40.2 Å². The Balaban J connectivity index is 2.92. The molecule has 0 aliphatic heterocycles. The second kappa shape index (κ2) is 5.97. The first-order valence-corrected chi connectivity index (χ1v) is 6.74. The lowest BCUT2D eigenvalue weighted by molar-refractivity contribution is 0.414. The molecule has 0 saturated heterocycles. The lowest BCUT2D eigenvalue weighted by Gasteiger charge is -2.02. The third-order valence-corrected chi connectivity index (χ3v) is 3.90. The first-order valence-electron chi connectivity index (χ1n) is 4.56. The highest BCUT2D eigenvalue weighted by Gasteiger charge is 2.10. The second-order valence-corrected chi connectivity index (χ2v) is 5.70. The van der Waals surface area contributed by atoms with Crippen LogP contribution in [0.25, 0.3) is 6.08 Å². The highest BCUT2D eigenvalue weighted by Crippen LogP contribution is 2.20. The third kappa shape index (κ3) is 4.32. The van der Waals surface area contributed by atoms with Gasteiger partial charge in [0.15, 0.2) is 0 Å². The summed E-state index contributed by atoms with van der Waals surface area (Å²) in [5.41, 5.74) is 0.766. The van der Waals surface area contributed by atoms with Crippen molar-refractivity contribution in [3.8, 4) is 5.75 Å². The number of ether oxygens (including phenoxy) is 1. The zero-order chi connectivity index (χ0) is 12.9. The van der Waals surface area contributed by atoms with E-state index < -0.39 is 14.0 Å². The minimum Gasteiger partial charge on any atom is -0.496 e. The molecular formula is C11H10BrFO3S. The lowest BCUT2D eigenvalue weighted by Crippen LogP contribution is -1.87. The Morgan fingerprint density at radius 3 is 2.65 bits per heavy atom. The Kier molecular flexibility index (Phi) is 4.89. The van der Waals surface area contributed by atoms with Gasteiger partial charge in [0.2, 0.25) is 0 Å². The number of methoxy groups -OCH3 is 1. The molecule has 1 rings (SSSR count). The van der Waals surface area contributed by atoms with E-state index in [1.165, 1.54) is 13.2 Å². The quantitative estimate of drug-likeness (QED) is 0.632. The largest absolute Gasteiger partial charge is 0.496 e. The minimum absolute atomic E-state index is 0.517. The zero-order valence-electron chi connectivity index (χ0n) is 8.93. The molecule has 0 fully saturated rings. The highest BCUT2D eigenvalue weighted by molar-refractivity contribution is 9.13. The number of benzene rings is 1. The van der Waals surface area contributed by atoms with Gasteiger partial charge >= 0.3 is 10.2 Å². The van der Waals surface area contributed by atoms with Gasteiger partial charge in [-0.25, -0.2) is 0 Å². The van der Waals surface area contributed by atoms with Crippen molar-refractivity contribution in [2.45, 2.75) is 0 Å². The van der Waals surface area contributed by atoms with Crippen molar-refractivity contribution in [2.24, 2.45) is 0 Å². The average molecular weight is 321 g/mol. The zero-order valence-corrected chi connectivity index (χ0v) is 11.3. The summed E-state index contributed by atoms with van der Waals surface area (Å²) >= 11 is 2.62. The monoisotopic (exact) mass is 320 g/mol.